The van der Waals surface area contributed by atoms with E-state index in [0.29, 0.717) is 0 Å². The van der Waals surface area contributed by atoms with E-state index in [0.717, 1.165) is 36.4 Å². The summed E-state index contributed by atoms with van der Waals surface area (Å²) in [5.41, 5.74) is -3.17. The summed E-state index contributed by atoms with van der Waals surface area (Å²) in [6.07, 6.45) is -9.27. The quantitative estimate of drug-likeness (QED) is 0.303. The van der Waals surface area contributed by atoms with E-state index in [1.54, 1.807) is 6.92 Å². The molecule has 1 N–H and O–H groups in total. The molecule has 1 unspecified atom stereocenters. The summed E-state index contributed by atoms with van der Waals surface area (Å²) in [5.74, 6) is -1.37. The Labute approximate surface area is 220 Å². The number of amides is 1. The molecule has 1 heterocycles. The van der Waals surface area contributed by atoms with Gasteiger partial charge in [0.15, 0.2) is 0 Å². The summed E-state index contributed by atoms with van der Waals surface area (Å²) in [6, 6.07) is 5.89. The second-order valence-electron chi connectivity index (χ2n) is 8.26. The molecule has 0 bridgehead atoms. The molecule has 0 aromatic heterocycles. The molecule has 6 nitrogen and oxygen atoms in total. The van der Waals surface area contributed by atoms with Crippen molar-refractivity contribution in [1.29, 1.82) is 0 Å². The average molecular weight is 615 g/mol. The highest BCUT2D eigenvalue weighted by atomic mass is 79.9. The monoisotopic (exact) mass is 613 g/mol. The SMILES string of the molecule is CCOC(=O)C1(C)CN(CC(=O)Nc2ccc(C(F)(F)F)c(Br)c2)N=C1c1ccc(C(F)(F)F)c(Cl)c1. The number of hydrogen-bond acceptors (Lipinski definition) is 5. The number of carbonyl (C=O) groups is 2. The van der Waals surface area contributed by atoms with Gasteiger partial charge in [-0.1, -0.05) is 33.6 Å². The second-order valence-corrected chi connectivity index (χ2v) is 9.52. The summed E-state index contributed by atoms with van der Waals surface area (Å²) in [4.78, 5) is 25.4. The summed E-state index contributed by atoms with van der Waals surface area (Å²) >= 11 is 8.67. The normalized spacial score (nSPS) is 18.0. The van der Waals surface area contributed by atoms with Crippen LogP contribution >= 0.6 is 27.5 Å². The summed E-state index contributed by atoms with van der Waals surface area (Å²) in [5, 5.41) is 7.35. The van der Waals surface area contributed by atoms with Gasteiger partial charge < -0.3 is 10.1 Å². The van der Waals surface area contributed by atoms with E-state index >= 15 is 0 Å². The van der Waals surface area contributed by atoms with E-state index in [2.05, 4.69) is 26.3 Å². The number of benzene rings is 2. The van der Waals surface area contributed by atoms with Crippen LogP contribution in [-0.4, -0.2) is 42.3 Å². The zero-order chi connectivity index (χ0) is 27.8. The molecule has 1 atom stereocenters. The predicted molar refractivity (Wildman–Crippen MR) is 127 cm³/mol. The van der Waals surface area contributed by atoms with Crippen LogP contribution in [0.1, 0.15) is 30.5 Å². The van der Waals surface area contributed by atoms with E-state index in [4.69, 9.17) is 16.3 Å². The predicted octanol–water partition coefficient (Wildman–Crippen LogP) is 6.37. The Balaban J connectivity index is 1.86. The zero-order valence-electron chi connectivity index (χ0n) is 19.2. The van der Waals surface area contributed by atoms with Crippen molar-refractivity contribution < 1.29 is 40.7 Å². The lowest BCUT2D eigenvalue weighted by molar-refractivity contribution is -0.150. The Morgan fingerprint density at radius 3 is 2.27 bits per heavy atom. The van der Waals surface area contributed by atoms with Crippen molar-refractivity contribution >= 4 is 50.8 Å². The molecule has 0 aliphatic carbocycles. The first kappa shape index (κ1) is 28.8. The van der Waals surface area contributed by atoms with E-state index in [9.17, 15) is 35.9 Å². The van der Waals surface area contributed by atoms with Gasteiger partial charge in [0.05, 0.1) is 35.0 Å². The van der Waals surface area contributed by atoms with Crippen LogP contribution in [0.4, 0.5) is 32.0 Å². The number of rotatable bonds is 6. The Morgan fingerprint density at radius 1 is 1.11 bits per heavy atom. The van der Waals surface area contributed by atoms with Crippen LogP contribution in [-0.2, 0) is 26.7 Å². The third kappa shape index (κ3) is 6.38. The number of anilines is 1. The molecule has 14 heteroatoms. The van der Waals surface area contributed by atoms with Gasteiger partial charge in [-0.25, -0.2) is 0 Å². The molecule has 0 spiro atoms. The molecule has 0 radical (unpaired) electrons. The number of alkyl halides is 6. The zero-order valence-corrected chi connectivity index (χ0v) is 21.6. The van der Waals surface area contributed by atoms with Gasteiger partial charge >= 0.3 is 18.3 Å². The Kier molecular flexibility index (Phi) is 8.18. The third-order valence-electron chi connectivity index (χ3n) is 5.42. The molecule has 0 saturated carbocycles. The van der Waals surface area contributed by atoms with E-state index in [1.807, 2.05) is 0 Å². The standard InChI is InChI=1S/C23H19BrClF6N3O3/c1-3-37-20(36)21(2)11-34(33-19(21)12-4-6-15(17(25)8-12)23(29,30)31)10-18(35)32-13-5-7-14(16(24)9-13)22(26,27)28/h4-9H,3,10-11H2,1-2H3,(H,32,35). The van der Waals surface area contributed by atoms with Gasteiger partial charge in [0.25, 0.3) is 0 Å². The number of nitrogens with zero attached hydrogens (tertiary/aromatic N) is 2. The van der Waals surface area contributed by atoms with E-state index in [1.165, 1.54) is 11.9 Å². The van der Waals surface area contributed by atoms with Crippen molar-refractivity contribution in [2.24, 2.45) is 10.5 Å². The summed E-state index contributed by atoms with van der Waals surface area (Å²) in [7, 11) is 0. The van der Waals surface area contributed by atoms with Crippen molar-refractivity contribution in [2.75, 3.05) is 25.0 Å². The molecule has 3 rings (SSSR count). The van der Waals surface area contributed by atoms with Crippen molar-refractivity contribution in [3.05, 3.63) is 62.6 Å². The first-order chi connectivity index (χ1) is 17.1. The lowest BCUT2D eigenvalue weighted by atomic mass is 9.82. The van der Waals surface area contributed by atoms with Crippen molar-refractivity contribution in [3.8, 4) is 0 Å². The molecular weight excluding hydrogens is 596 g/mol. The highest BCUT2D eigenvalue weighted by molar-refractivity contribution is 9.10. The molecule has 37 heavy (non-hydrogen) atoms. The first-order valence-electron chi connectivity index (χ1n) is 10.6. The fourth-order valence-electron chi connectivity index (χ4n) is 3.73. The van der Waals surface area contributed by atoms with Crippen molar-refractivity contribution in [2.45, 2.75) is 26.2 Å². The number of hydrazone groups is 1. The van der Waals surface area contributed by atoms with Gasteiger partial charge in [-0.3, -0.25) is 14.6 Å². The fraction of sp³-hybridized carbons (Fsp3) is 0.348. The van der Waals surface area contributed by atoms with Gasteiger partial charge in [-0.05, 0) is 44.2 Å². The molecule has 0 fully saturated rings. The van der Waals surface area contributed by atoms with Crippen molar-refractivity contribution in [3.63, 3.8) is 0 Å². The largest absolute Gasteiger partial charge is 0.465 e. The van der Waals surface area contributed by atoms with Crippen LogP contribution in [0, 0.1) is 5.41 Å². The first-order valence-corrected chi connectivity index (χ1v) is 11.8. The van der Waals surface area contributed by atoms with Gasteiger partial charge in [-0.15, -0.1) is 0 Å². The smallest absolute Gasteiger partial charge is 0.417 e. The maximum absolute atomic E-state index is 13.1. The molecule has 0 saturated heterocycles. The van der Waals surface area contributed by atoms with Gasteiger partial charge in [0, 0.05) is 15.7 Å². The Bertz CT molecular complexity index is 1250. The average Bonchev–Trinajstić information content (AvgIpc) is 3.09. The van der Waals surface area contributed by atoms with Crippen LogP contribution in [0.2, 0.25) is 5.02 Å². The molecule has 1 amide bonds. The minimum absolute atomic E-state index is 0.0265. The number of carbonyl (C=O) groups excluding carboxylic acids is 2. The van der Waals surface area contributed by atoms with Gasteiger partial charge in [0.2, 0.25) is 5.91 Å². The highest BCUT2D eigenvalue weighted by Crippen LogP contribution is 2.39. The van der Waals surface area contributed by atoms with Crippen LogP contribution in [0.5, 0.6) is 0 Å². The van der Waals surface area contributed by atoms with Crippen LogP contribution in [0.15, 0.2) is 46.0 Å². The minimum Gasteiger partial charge on any atom is -0.465 e. The number of nitrogens with one attached hydrogen (secondary N) is 1. The maximum atomic E-state index is 13.1. The lowest BCUT2D eigenvalue weighted by Crippen LogP contribution is -2.41. The number of halogens is 8. The van der Waals surface area contributed by atoms with Crippen LogP contribution in [0.25, 0.3) is 0 Å². The molecule has 200 valence electrons. The summed E-state index contributed by atoms with van der Waals surface area (Å²) in [6.45, 7) is 2.52. The molecule has 2 aromatic carbocycles. The maximum Gasteiger partial charge on any atom is 0.417 e. The lowest BCUT2D eigenvalue weighted by Gasteiger charge is -2.24. The molecule has 2 aromatic rings. The Hall–Kier alpha value is -2.80. The highest BCUT2D eigenvalue weighted by Gasteiger charge is 2.47. The minimum atomic E-state index is -4.69. The van der Waals surface area contributed by atoms with Gasteiger partial charge in [0.1, 0.15) is 12.0 Å². The number of ether oxygens (including phenoxy) is 1. The fourth-order valence-corrected chi connectivity index (χ4v) is 4.62. The number of esters is 1. The third-order valence-corrected chi connectivity index (χ3v) is 6.39. The van der Waals surface area contributed by atoms with Crippen LogP contribution in [0.3, 0.4) is 0 Å². The molecular formula is C23H19BrClF6N3O3. The molecule has 1 aliphatic heterocycles. The molecule has 1 aliphatic rings. The van der Waals surface area contributed by atoms with Gasteiger partial charge in [-0.2, -0.15) is 31.4 Å². The Morgan fingerprint density at radius 2 is 1.73 bits per heavy atom. The second kappa shape index (κ2) is 10.5. The topological polar surface area (TPSA) is 71.0 Å². The summed E-state index contributed by atoms with van der Waals surface area (Å²) < 4.78 is 83.1. The van der Waals surface area contributed by atoms with Crippen molar-refractivity contribution in [1.82, 2.24) is 5.01 Å². The van der Waals surface area contributed by atoms with E-state index < -0.39 is 52.3 Å². The number of hydrogen-bond donors (Lipinski definition) is 1. The van der Waals surface area contributed by atoms with E-state index in [-0.39, 0.29) is 34.6 Å². The van der Waals surface area contributed by atoms with Crippen LogP contribution < -0.4 is 5.32 Å².